The summed E-state index contributed by atoms with van der Waals surface area (Å²) in [6.45, 7) is 1.69. The third-order valence-corrected chi connectivity index (χ3v) is 8.66. The van der Waals surface area contributed by atoms with Gasteiger partial charge in [0.25, 0.3) is 10.0 Å². The van der Waals surface area contributed by atoms with Gasteiger partial charge in [0.05, 0.1) is 29.9 Å². The number of anilines is 2. The average Bonchev–Trinajstić information content (AvgIpc) is 2.88. The maximum absolute atomic E-state index is 14.4. The Balaban J connectivity index is 1.46. The van der Waals surface area contributed by atoms with Crippen molar-refractivity contribution >= 4 is 50.7 Å². The molecule has 0 bridgehead atoms. The third-order valence-electron chi connectivity index (χ3n) is 5.81. The lowest BCUT2D eigenvalue weighted by molar-refractivity contribution is -0.113. The molecule has 7 nitrogen and oxygen atoms in total. The summed E-state index contributed by atoms with van der Waals surface area (Å²) in [5.41, 5.74) is 2.85. The molecule has 3 aromatic carbocycles. The van der Waals surface area contributed by atoms with Crippen LogP contribution in [0.15, 0.2) is 83.0 Å². The molecule has 4 aromatic rings. The Morgan fingerprint density at radius 3 is 2.65 bits per heavy atom. The van der Waals surface area contributed by atoms with Crippen LogP contribution in [-0.2, 0) is 21.4 Å². The number of para-hydroxylation sites is 1. The smallest absolute Gasteiger partial charge is 0.268 e. The molecule has 0 radical (unpaired) electrons. The van der Waals surface area contributed by atoms with Crippen molar-refractivity contribution in [2.24, 2.45) is 0 Å². The lowest BCUT2D eigenvalue weighted by atomic mass is 10.1. The van der Waals surface area contributed by atoms with Crippen LogP contribution in [0.2, 0.25) is 5.02 Å². The number of fused-ring (bicyclic) bond motifs is 3. The fourth-order valence-corrected chi connectivity index (χ4v) is 6.29. The Morgan fingerprint density at radius 1 is 1.11 bits per heavy atom. The number of aryl methyl sites for hydroxylation is 1. The van der Waals surface area contributed by atoms with Crippen molar-refractivity contribution < 1.29 is 17.6 Å². The van der Waals surface area contributed by atoms with Gasteiger partial charge in [0.2, 0.25) is 5.91 Å². The molecule has 0 saturated heterocycles. The summed E-state index contributed by atoms with van der Waals surface area (Å²) < 4.78 is 42.7. The van der Waals surface area contributed by atoms with Crippen molar-refractivity contribution in [3.05, 3.63) is 94.9 Å². The van der Waals surface area contributed by atoms with Crippen LogP contribution in [0.3, 0.4) is 0 Å². The fraction of sp³-hybridized carbons (Fsp3) is 0.115. The minimum absolute atomic E-state index is 0.0294. The molecule has 0 saturated carbocycles. The Morgan fingerprint density at radius 2 is 1.86 bits per heavy atom. The van der Waals surface area contributed by atoms with Crippen LogP contribution >= 0.6 is 23.4 Å². The first-order chi connectivity index (χ1) is 17.7. The monoisotopic (exact) mass is 554 g/mol. The van der Waals surface area contributed by atoms with Crippen LogP contribution in [0.4, 0.5) is 15.8 Å². The van der Waals surface area contributed by atoms with E-state index in [0.717, 1.165) is 21.6 Å². The molecule has 1 N–H and O–H groups in total. The second-order valence-corrected chi connectivity index (χ2v) is 11.5. The number of rotatable bonds is 6. The van der Waals surface area contributed by atoms with Crippen molar-refractivity contribution in [2.75, 3.05) is 15.4 Å². The molecule has 1 amide bonds. The van der Waals surface area contributed by atoms with Crippen LogP contribution in [0.1, 0.15) is 11.1 Å². The van der Waals surface area contributed by atoms with Gasteiger partial charge >= 0.3 is 0 Å². The van der Waals surface area contributed by atoms with Gasteiger partial charge in [-0.3, -0.25) is 9.10 Å². The second kappa shape index (κ2) is 10.1. The van der Waals surface area contributed by atoms with Gasteiger partial charge in [-0.25, -0.2) is 22.8 Å². The molecule has 1 aliphatic rings. The molecule has 2 heterocycles. The van der Waals surface area contributed by atoms with E-state index in [-0.39, 0.29) is 39.5 Å². The van der Waals surface area contributed by atoms with Crippen LogP contribution in [-0.4, -0.2) is 30.0 Å². The highest BCUT2D eigenvalue weighted by molar-refractivity contribution is 7.99. The maximum atomic E-state index is 14.4. The van der Waals surface area contributed by atoms with E-state index in [0.29, 0.717) is 22.0 Å². The maximum Gasteiger partial charge on any atom is 0.268 e. The number of hydrogen-bond donors (Lipinski definition) is 1. The van der Waals surface area contributed by atoms with E-state index in [2.05, 4.69) is 15.3 Å². The third kappa shape index (κ3) is 5.04. The highest BCUT2D eigenvalue weighted by atomic mass is 35.5. The predicted octanol–water partition coefficient (Wildman–Crippen LogP) is 5.68. The summed E-state index contributed by atoms with van der Waals surface area (Å²) in [6.07, 6.45) is 1.22. The molecule has 1 aliphatic heterocycles. The zero-order valence-corrected chi connectivity index (χ0v) is 21.9. The summed E-state index contributed by atoms with van der Waals surface area (Å²) in [5.74, 6) is -0.722. The molecule has 0 atom stereocenters. The van der Waals surface area contributed by atoms with E-state index in [1.165, 1.54) is 18.3 Å². The molecule has 37 heavy (non-hydrogen) atoms. The first kappa shape index (κ1) is 25.2. The number of carbonyl (C=O) groups excluding carboxylic acids is 1. The number of nitrogens with one attached hydrogen (secondary N) is 1. The molecule has 0 spiro atoms. The minimum atomic E-state index is -4.11. The van der Waals surface area contributed by atoms with Gasteiger partial charge in [-0.05, 0) is 42.8 Å². The molecule has 1 aromatic heterocycles. The normalized spacial score (nSPS) is 13.5. The van der Waals surface area contributed by atoms with Crippen molar-refractivity contribution in [2.45, 2.75) is 23.5 Å². The van der Waals surface area contributed by atoms with E-state index < -0.39 is 15.8 Å². The Labute approximate surface area is 222 Å². The highest BCUT2D eigenvalue weighted by Gasteiger charge is 2.37. The van der Waals surface area contributed by atoms with Gasteiger partial charge in [-0.1, -0.05) is 59.8 Å². The second-order valence-electron chi connectivity index (χ2n) is 8.28. The summed E-state index contributed by atoms with van der Waals surface area (Å²) in [7, 11) is -4.11. The van der Waals surface area contributed by atoms with E-state index in [1.807, 2.05) is 31.2 Å². The molecular weight excluding hydrogens is 535 g/mol. The highest BCUT2D eigenvalue weighted by Crippen LogP contribution is 2.44. The predicted molar refractivity (Wildman–Crippen MR) is 143 cm³/mol. The van der Waals surface area contributed by atoms with Crippen molar-refractivity contribution in [1.29, 1.82) is 0 Å². The quantitative estimate of drug-likeness (QED) is 0.243. The number of halogens is 2. The largest absolute Gasteiger partial charge is 0.325 e. The Kier molecular flexibility index (Phi) is 6.89. The fourth-order valence-electron chi connectivity index (χ4n) is 3.95. The van der Waals surface area contributed by atoms with E-state index in [1.54, 1.807) is 30.3 Å². The van der Waals surface area contributed by atoms with Crippen molar-refractivity contribution in [1.82, 2.24) is 9.97 Å². The van der Waals surface area contributed by atoms with E-state index in [4.69, 9.17) is 11.6 Å². The summed E-state index contributed by atoms with van der Waals surface area (Å²) in [6, 6.07) is 18.2. The van der Waals surface area contributed by atoms with Crippen LogP contribution in [0, 0.1) is 12.7 Å². The SMILES string of the molecule is Cc1ccccc1NC(=O)CSc1ncc2c(n1)-c1cc(Cl)ccc1N(Cc1ccccc1F)S2(=O)=O. The number of amides is 1. The number of hydrogen-bond acceptors (Lipinski definition) is 6. The first-order valence-electron chi connectivity index (χ1n) is 11.2. The number of sulfonamides is 1. The summed E-state index contributed by atoms with van der Waals surface area (Å²) in [4.78, 5) is 21.0. The first-order valence-corrected chi connectivity index (χ1v) is 14.0. The van der Waals surface area contributed by atoms with Gasteiger partial charge in [0.1, 0.15) is 10.7 Å². The number of aromatic nitrogens is 2. The zero-order chi connectivity index (χ0) is 26.2. The summed E-state index contributed by atoms with van der Waals surface area (Å²) >= 11 is 7.34. The molecular formula is C26H20ClFN4O3S2. The standard InChI is InChI=1S/C26H20ClFN4O3S2/c1-16-6-2-5-9-21(16)30-24(33)15-36-26-29-13-23-25(31-26)19-12-18(27)10-11-22(19)32(37(23,34)35)14-17-7-3-4-8-20(17)28/h2-13H,14-15H2,1H3,(H,30,33). The van der Waals surface area contributed by atoms with Crippen molar-refractivity contribution in [3.8, 4) is 11.3 Å². The molecule has 0 fully saturated rings. The summed E-state index contributed by atoms with van der Waals surface area (Å²) in [5, 5.41) is 3.47. The lowest BCUT2D eigenvalue weighted by Gasteiger charge is -2.31. The molecule has 0 aliphatic carbocycles. The topological polar surface area (TPSA) is 92.3 Å². The van der Waals surface area contributed by atoms with Gasteiger partial charge in [-0.2, -0.15) is 0 Å². The van der Waals surface area contributed by atoms with E-state index in [9.17, 15) is 17.6 Å². The minimum Gasteiger partial charge on any atom is -0.325 e. The molecule has 0 unspecified atom stereocenters. The van der Waals surface area contributed by atoms with Crippen LogP contribution < -0.4 is 9.62 Å². The number of carbonyl (C=O) groups is 1. The Hall–Kier alpha value is -3.47. The Bertz CT molecular complexity index is 1630. The average molecular weight is 555 g/mol. The number of thioether (sulfide) groups is 1. The molecule has 11 heteroatoms. The molecule has 188 valence electrons. The van der Waals surface area contributed by atoms with Crippen LogP contribution in [0.25, 0.3) is 11.3 Å². The van der Waals surface area contributed by atoms with Gasteiger partial charge in [0, 0.05) is 21.8 Å². The van der Waals surface area contributed by atoms with Crippen molar-refractivity contribution in [3.63, 3.8) is 0 Å². The molecule has 5 rings (SSSR count). The van der Waals surface area contributed by atoms with Crippen LogP contribution in [0.5, 0.6) is 0 Å². The van der Waals surface area contributed by atoms with Gasteiger partial charge < -0.3 is 5.32 Å². The van der Waals surface area contributed by atoms with Gasteiger partial charge in [0.15, 0.2) is 5.16 Å². The number of nitrogens with zero attached hydrogens (tertiary/aromatic N) is 3. The zero-order valence-electron chi connectivity index (χ0n) is 19.5. The van der Waals surface area contributed by atoms with Gasteiger partial charge in [-0.15, -0.1) is 0 Å². The van der Waals surface area contributed by atoms with E-state index >= 15 is 0 Å². The lowest BCUT2D eigenvalue weighted by Crippen LogP contribution is -2.34. The number of benzene rings is 3.